The Morgan fingerprint density at radius 1 is 0.744 bits per heavy atom. The number of amides is 9. The van der Waals surface area contributed by atoms with Crippen molar-refractivity contribution >= 4 is 59.2 Å². The number of carbonyl (C=O) groups excluding carboxylic acids is 8. The molecule has 2 aromatic carbocycles. The number of carbonyl (C=O) groups is 9. The van der Waals surface area contributed by atoms with Crippen molar-refractivity contribution in [3.63, 3.8) is 0 Å². The lowest BCUT2D eigenvalue weighted by atomic mass is 9.89. The molecule has 2 aromatic rings. The predicted molar refractivity (Wildman–Crippen MR) is 329 cm³/mol. The third-order valence-electron chi connectivity index (χ3n) is 16.0. The quantitative estimate of drug-likeness (QED) is 0.0403. The van der Waals surface area contributed by atoms with Gasteiger partial charge in [-0.3, -0.25) is 33.7 Å². The Bertz CT molecular complexity index is 2530. The van der Waals surface area contributed by atoms with Crippen LogP contribution in [0.4, 0.5) is 15.3 Å². The summed E-state index contributed by atoms with van der Waals surface area (Å²) in [5, 5.41) is 26.5. The summed E-state index contributed by atoms with van der Waals surface area (Å²) in [6.07, 6.45) is 0.575. The van der Waals surface area contributed by atoms with E-state index in [9.17, 15) is 48.3 Å². The fourth-order valence-electron chi connectivity index (χ4n) is 11.1. The minimum atomic E-state index is -1.17. The minimum absolute atomic E-state index is 0.0823. The molecule has 23 nitrogen and oxygen atoms in total. The zero-order valence-corrected chi connectivity index (χ0v) is 53.8. The van der Waals surface area contributed by atoms with E-state index in [-0.39, 0.29) is 67.2 Å². The van der Waals surface area contributed by atoms with E-state index < -0.39 is 102 Å². The summed E-state index contributed by atoms with van der Waals surface area (Å²) in [5.74, 6) is -5.46. The lowest BCUT2D eigenvalue weighted by molar-refractivity contribution is -0.148. The molecule has 5 unspecified atom stereocenters. The van der Waals surface area contributed by atoms with Crippen LogP contribution in [0.2, 0.25) is 0 Å². The van der Waals surface area contributed by atoms with Crippen LogP contribution in [0, 0.1) is 29.6 Å². The number of nitrogens with zero attached hydrogens (tertiary/aromatic N) is 3. The van der Waals surface area contributed by atoms with Crippen LogP contribution >= 0.6 is 0 Å². The van der Waals surface area contributed by atoms with E-state index in [1.54, 1.807) is 94.8 Å². The van der Waals surface area contributed by atoms with E-state index in [4.69, 9.17) is 19.9 Å². The summed E-state index contributed by atoms with van der Waals surface area (Å²) >= 11 is 0. The van der Waals surface area contributed by atoms with Gasteiger partial charge in [-0.1, -0.05) is 111 Å². The van der Waals surface area contributed by atoms with Crippen LogP contribution in [0.3, 0.4) is 0 Å². The van der Waals surface area contributed by atoms with Gasteiger partial charge in [0.2, 0.25) is 35.4 Å². The van der Waals surface area contributed by atoms with Crippen molar-refractivity contribution in [2.24, 2.45) is 35.3 Å². The van der Waals surface area contributed by atoms with Gasteiger partial charge >= 0.3 is 18.1 Å². The van der Waals surface area contributed by atoms with E-state index in [0.717, 1.165) is 11.1 Å². The summed E-state index contributed by atoms with van der Waals surface area (Å²) in [4.78, 5) is 126. The maximum Gasteiger partial charge on any atom is 0.408 e. The first-order chi connectivity index (χ1) is 40.3. The van der Waals surface area contributed by atoms with Crippen molar-refractivity contribution in [2.75, 3.05) is 53.3 Å². The number of likely N-dealkylation sites (tertiary alicyclic amines) is 1. The molecule has 86 heavy (non-hydrogen) atoms. The number of aliphatic carboxylic acids is 1. The largest absolute Gasteiger partial charge is 0.480 e. The Hall–Kier alpha value is -6.85. The molecule has 0 aliphatic carbocycles. The highest BCUT2D eigenvalue weighted by molar-refractivity contribution is 5.98. The standard InChI is InChI=1S/C63H102N10O13/c1-17-40(8)53(48(84-15)36-49(74)73-33-22-26-47(73)54(85-16)41(9)55(75)68-46(60(80)81)35-43-23-19-18-20-24-43)72(14)59(79)51(38(4)5)69-58(78)52(39(6)7)71(13)34-31-42-27-29-44(30-28-42)66-56(76)45(25-21-32-65-61(64)82)67-57(77)50(37(2)3)70-62(83)86-63(10,11)12/h18-20,23-24,27-30,37-41,45-48,50-54H,17,21-22,25-26,31-36H2,1-16H3,(H,66,76)(H,67,77)(H,68,75)(H,69,78)(H,70,83)(H,80,81)(H3,64,65,82)/t40-,41+,45?,46-,47?,48+,50?,51?,52?,53-,54+/m0/s1. The van der Waals surface area contributed by atoms with Gasteiger partial charge in [0, 0.05) is 53.0 Å². The van der Waals surface area contributed by atoms with Gasteiger partial charge in [-0.2, -0.15) is 0 Å². The number of carboxylic acid groups (broad SMARTS) is 1. The number of rotatable bonds is 34. The van der Waals surface area contributed by atoms with Gasteiger partial charge in [-0.15, -0.1) is 0 Å². The van der Waals surface area contributed by atoms with Crippen molar-refractivity contribution in [1.82, 2.24) is 41.3 Å². The summed E-state index contributed by atoms with van der Waals surface area (Å²) < 4.78 is 17.4. The Morgan fingerprint density at radius 2 is 1.36 bits per heavy atom. The summed E-state index contributed by atoms with van der Waals surface area (Å²) in [6.45, 7) is 22.9. The third kappa shape index (κ3) is 22.8. The monoisotopic (exact) mass is 1210 g/mol. The molecule has 0 aromatic heterocycles. The minimum Gasteiger partial charge on any atom is -0.480 e. The average Bonchev–Trinajstić information content (AvgIpc) is 3.49. The number of methoxy groups -OCH3 is 2. The normalized spacial score (nSPS) is 17.0. The molecule has 9 amide bonds. The fourth-order valence-corrected chi connectivity index (χ4v) is 11.1. The van der Waals surface area contributed by atoms with Crippen molar-refractivity contribution in [3.05, 3.63) is 65.7 Å². The number of alkyl carbamates (subject to hydrolysis) is 1. The van der Waals surface area contributed by atoms with Crippen LogP contribution in [0.5, 0.6) is 0 Å². The van der Waals surface area contributed by atoms with Gasteiger partial charge in [0.25, 0.3) is 0 Å². The molecule has 1 aliphatic rings. The second-order valence-corrected chi connectivity index (χ2v) is 24.9. The number of primary amides is 1. The molecule has 1 fully saturated rings. The number of benzene rings is 2. The van der Waals surface area contributed by atoms with Gasteiger partial charge in [-0.25, -0.2) is 14.4 Å². The van der Waals surface area contributed by atoms with Crippen molar-refractivity contribution < 1.29 is 62.5 Å². The van der Waals surface area contributed by atoms with Gasteiger partial charge < -0.3 is 66.8 Å². The number of urea groups is 1. The molecule has 482 valence electrons. The first-order valence-corrected chi connectivity index (χ1v) is 30.3. The van der Waals surface area contributed by atoms with Crippen LogP contribution in [0.15, 0.2) is 54.6 Å². The SMILES string of the molecule is CC[C@H](C)[C@@H]([C@@H](CC(=O)N1CCCC1[C@H](OC)[C@@H](C)C(=O)N[C@@H](Cc1ccccc1)C(=O)O)OC)N(C)C(=O)C(NC(=O)C(C(C)C)N(C)CCc1ccc(NC(=O)C(CCCNC(N)=O)NC(=O)C(NC(=O)OC(C)(C)C)C(C)C)cc1)C(C)C. The smallest absolute Gasteiger partial charge is 0.408 e. The van der Waals surface area contributed by atoms with Crippen molar-refractivity contribution in [1.29, 1.82) is 0 Å². The molecular formula is C63H102N10O13. The molecule has 0 bridgehead atoms. The van der Waals surface area contributed by atoms with Crippen molar-refractivity contribution in [3.8, 4) is 0 Å². The van der Waals surface area contributed by atoms with E-state index in [2.05, 4.69) is 31.9 Å². The Balaban J connectivity index is 1.73. The van der Waals surface area contributed by atoms with Crippen LogP contribution in [-0.2, 0) is 60.6 Å². The molecule has 0 spiro atoms. The molecule has 0 radical (unpaired) electrons. The molecular weight excluding hydrogens is 1100 g/mol. The van der Waals surface area contributed by atoms with E-state index >= 15 is 0 Å². The second-order valence-electron chi connectivity index (χ2n) is 24.9. The highest BCUT2D eigenvalue weighted by Gasteiger charge is 2.44. The van der Waals surface area contributed by atoms with Gasteiger partial charge in [0.15, 0.2) is 0 Å². The number of hydrogen-bond donors (Lipinski definition) is 8. The average molecular weight is 1210 g/mol. The first kappa shape index (κ1) is 73.4. The van der Waals surface area contributed by atoms with E-state index in [0.29, 0.717) is 50.9 Å². The Labute approximate surface area is 510 Å². The highest BCUT2D eigenvalue weighted by Crippen LogP contribution is 2.30. The third-order valence-corrected chi connectivity index (χ3v) is 16.0. The maximum atomic E-state index is 14.8. The van der Waals surface area contributed by atoms with Crippen LogP contribution in [0.1, 0.15) is 133 Å². The maximum absolute atomic E-state index is 14.8. The number of nitrogens with two attached hydrogens (primary N) is 1. The molecule has 23 heteroatoms. The number of hydrogen-bond acceptors (Lipinski definition) is 13. The number of likely N-dealkylation sites (N-methyl/N-ethyl adjacent to an activating group) is 2. The zero-order valence-electron chi connectivity index (χ0n) is 53.8. The summed E-state index contributed by atoms with van der Waals surface area (Å²) in [7, 11) is 6.53. The zero-order chi connectivity index (χ0) is 64.7. The molecule has 9 N–H and O–H groups in total. The topological polar surface area (TPSA) is 309 Å². The van der Waals surface area contributed by atoms with E-state index in [1.165, 1.54) is 14.2 Å². The van der Waals surface area contributed by atoms with Crippen molar-refractivity contribution in [2.45, 2.75) is 195 Å². The number of nitrogens with one attached hydrogen (secondary N) is 6. The number of carboxylic acids is 1. The molecule has 3 rings (SSSR count). The fraction of sp³-hybridized carbons (Fsp3) is 0.667. The van der Waals surface area contributed by atoms with Gasteiger partial charge in [0.1, 0.15) is 29.8 Å². The van der Waals surface area contributed by atoms with Crippen LogP contribution in [-0.4, -0.2) is 181 Å². The van der Waals surface area contributed by atoms with Crippen LogP contribution < -0.4 is 37.6 Å². The molecule has 0 saturated carbocycles. The van der Waals surface area contributed by atoms with Gasteiger partial charge in [-0.05, 0) is 107 Å². The van der Waals surface area contributed by atoms with Crippen LogP contribution in [0.25, 0.3) is 0 Å². The molecule has 11 atom stereocenters. The lowest BCUT2D eigenvalue weighted by Gasteiger charge is -2.41. The molecule has 1 saturated heterocycles. The lowest BCUT2D eigenvalue weighted by Crippen LogP contribution is -2.60. The first-order valence-electron chi connectivity index (χ1n) is 30.3. The molecule has 1 aliphatic heterocycles. The summed E-state index contributed by atoms with van der Waals surface area (Å²) in [5.41, 5.74) is 6.56. The molecule has 1 heterocycles. The van der Waals surface area contributed by atoms with Gasteiger partial charge in [0.05, 0.1) is 42.7 Å². The second kappa shape index (κ2) is 35.1. The highest BCUT2D eigenvalue weighted by atomic mass is 16.6. The Morgan fingerprint density at radius 3 is 1.90 bits per heavy atom. The Kier molecular flexibility index (Phi) is 29.9. The number of anilines is 1. The summed E-state index contributed by atoms with van der Waals surface area (Å²) in [6, 6.07) is 9.62. The number of ether oxygens (including phenoxy) is 3. The van der Waals surface area contributed by atoms with E-state index in [1.807, 2.05) is 71.7 Å². The predicted octanol–water partition coefficient (Wildman–Crippen LogP) is 5.48.